The van der Waals surface area contributed by atoms with Crippen LogP contribution in [0.4, 0.5) is 43.9 Å². The van der Waals surface area contributed by atoms with Crippen LogP contribution in [0.2, 0.25) is 0 Å². The van der Waals surface area contributed by atoms with Crippen LogP contribution < -0.4 is 0 Å². The highest BCUT2D eigenvalue weighted by atomic mass is 19.4. The summed E-state index contributed by atoms with van der Waals surface area (Å²) in [5.41, 5.74) is -12.5. The fourth-order valence-electron chi connectivity index (χ4n) is 3.14. The van der Waals surface area contributed by atoms with Gasteiger partial charge in [-0.2, -0.15) is 43.9 Å². The molecule has 1 rings (SSSR count). The third-order valence-corrected chi connectivity index (χ3v) is 5.79. The highest BCUT2D eigenvalue weighted by Gasteiger charge is 2.96. The van der Waals surface area contributed by atoms with E-state index in [2.05, 4.69) is 9.47 Å². The van der Waals surface area contributed by atoms with Crippen molar-refractivity contribution in [1.82, 2.24) is 0 Å². The Hall–Kier alpha value is -1.31. The average Bonchev–Trinajstić information content (AvgIpc) is 2.60. The second-order valence-corrected chi connectivity index (χ2v) is 7.88. The van der Waals surface area contributed by atoms with Gasteiger partial charge in [-0.3, -0.25) is 4.79 Å². The lowest BCUT2D eigenvalue weighted by Crippen LogP contribution is -2.87. The van der Waals surface area contributed by atoms with Crippen molar-refractivity contribution in [3.8, 4) is 0 Å². The molecule has 3 unspecified atom stereocenters. The monoisotopic (exact) mass is 480 g/mol. The van der Waals surface area contributed by atoms with E-state index < -0.39 is 65.4 Å². The average molecular weight is 480 g/mol. The van der Waals surface area contributed by atoms with Crippen LogP contribution in [0.1, 0.15) is 53.9 Å². The molecule has 0 bridgehead atoms. The first kappa shape index (κ1) is 27.7. The molecule has 1 fully saturated rings. The van der Waals surface area contributed by atoms with Crippen molar-refractivity contribution >= 4 is 5.97 Å². The standard InChI is InChI=1S/C17H22F10O4/c1-6-10(4,5)9(28)30-15(17(25,26)27)14(20,21)11(29,7-2)13(18,19)12(8-3,31-15)16(22,23)24/h29H,6-8H2,1-5H3. The number of halogens is 10. The number of aliphatic hydroxyl groups is 1. The molecule has 3 atom stereocenters. The van der Waals surface area contributed by atoms with E-state index >= 15 is 8.78 Å². The summed E-state index contributed by atoms with van der Waals surface area (Å²) in [6, 6.07) is 0. The normalized spacial score (nSPS) is 33.8. The summed E-state index contributed by atoms with van der Waals surface area (Å²) in [7, 11) is 0. The fourth-order valence-corrected chi connectivity index (χ4v) is 3.14. The predicted molar refractivity (Wildman–Crippen MR) is 84.2 cm³/mol. The topological polar surface area (TPSA) is 55.8 Å². The summed E-state index contributed by atoms with van der Waals surface area (Å²) in [6.45, 7) is 3.72. The molecule has 0 aromatic carbocycles. The van der Waals surface area contributed by atoms with E-state index in [1.165, 1.54) is 6.92 Å². The predicted octanol–water partition coefficient (Wildman–Crippen LogP) is 5.38. The lowest BCUT2D eigenvalue weighted by molar-refractivity contribution is -0.558. The van der Waals surface area contributed by atoms with Crippen LogP contribution in [0, 0.1) is 5.41 Å². The summed E-state index contributed by atoms with van der Waals surface area (Å²) in [4.78, 5) is 12.2. The van der Waals surface area contributed by atoms with E-state index in [1.807, 2.05) is 0 Å². The van der Waals surface area contributed by atoms with Gasteiger partial charge in [-0.25, -0.2) is 0 Å². The van der Waals surface area contributed by atoms with Gasteiger partial charge in [0.15, 0.2) is 0 Å². The Kier molecular flexibility index (Phi) is 6.58. The zero-order valence-corrected chi connectivity index (χ0v) is 17.1. The number of carbonyl (C=O) groups is 1. The number of alkyl halides is 10. The minimum absolute atomic E-state index is 0.305. The number of hydrogen-bond acceptors (Lipinski definition) is 4. The first-order chi connectivity index (χ1) is 13.5. The van der Waals surface area contributed by atoms with Gasteiger partial charge in [0.25, 0.3) is 0 Å². The van der Waals surface area contributed by atoms with Gasteiger partial charge < -0.3 is 14.6 Å². The van der Waals surface area contributed by atoms with Gasteiger partial charge in [0.05, 0.1) is 5.41 Å². The largest absolute Gasteiger partial charge is 0.462 e. The molecule has 0 aliphatic carbocycles. The van der Waals surface area contributed by atoms with Gasteiger partial charge in [0.2, 0.25) is 11.2 Å². The van der Waals surface area contributed by atoms with Crippen LogP contribution >= 0.6 is 0 Å². The molecule has 0 aromatic rings. The molecule has 0 spiro atoms. The summed E-state index contributed by atoms with van der Waals surface area (Å²) in [5, 5.41) is 10.1. The molecule has 1 aliphatic heterocycles. The molecule has 1 N–H and O–H groups in total. The molecule has 0 amide bonds. The summed E-state index contributed by atoms with van der Waals surface area (Å²) in [6.07, 6.45) is -17.4. The van der Waals surface area contributed by atoms with Gasteiger partial charge in [-0.15, -0.1) is 0 Å². The molecule has 0 saturated carbocycles. The Morgan fingerprint density at radius 2 is 1.32 bits per heavy atom. The van der Waals surface area contributed by atoms with E-state index in [1.54, 1.807) is 0 Å². The fraction of sp³-hybridized carbons (Fsp3) is 0.941. The van der Waals surface area contributed by atoms with Crippen LogP contribution in [0.3, 0.4) is 0 Å². The third-order valence-electron chi connectivity index (χ3n) is 5.79. The summed E-state index contributed by atoms with van der Waals surface area (Å²) >= 11 is 0. The van der Waals surface area contributed by atoms with E-state index in [9.17, 15) is 45.0 Å². The van der Waals surface area contributed by atoms with Crippen molar-refractivity contribution in [1.29, 1.82) is 0 Å². The first-order valence-electron chi connectivity index (χ1n) is 9.07. The van der Waals surface area contributed by atoms with Gasteiger partial charge >= 0.3 is 36.0 Å². The van der Waals surface area contributed by atoms with Crippen molar-refractivity contribution < 1.29 is 63.3 Å². The Bertz CT molecular complexity index is 702. The maximum absolute atomic E-state index is 15.1. The molecule has 1 heterocycles. The van der Waals surface area contributed by atoms with Crippen molar-refractivity contribution in [2.24, 2.45) is 5.41 Å². The molecule has 31 heavy (non-hydrogen) atoms. The van der Waals surface area contributed by atoms with Gasteiger partial charge in [-0.05, 0) is 33.1 Å². The Morgan fingerprint density at radius 3 is 1.61 bits per heavy atom. The first-order valence-corrected chi connectivity index (χ1v) is 9.07. The zero-order valence-electron chi connectivity index (χ0n) is 17.1. The molecule has 14 heteroatoms. The van der Waals surface area contributed by atoms with E-state index in [-0.39, 0.29) is 6.42 Å². The molecule has 1 aliphatic rings. The quantitative estimate of drug-likeness (QED) is 0.424. The van der Waals surface area contributed by atoms with E-state index in [4.69, 9.17) is 0 Å². The molecule has 0 radical (unpaired) electrons. The number of esters is 1. The van der Waals surface area contributed by atoms with Crippen molar-refractivity contribution in [3.63, 3.8) is 0 Å². The maximum Gasteiger partial charge on any atom is 0.462 e. The van der Waals surface area contributed by atoms with Crippen LogP contribution in [0.25, 0.3) is 0 Å². The summed E-state index contributed by atoms with van der Waals surface area (Å²) in [5.74, 6) is -20.2. The molecular formula is C17H22F10O4. The maximum atomic E-state index is 15.1. The van der Waals surface area contributed by atoms with Crippen LogP contribution in [-0.4, -0.2) is 52.3 Å². The van der Waals surface area contributed by atoms with E-state index in [0.717, 1.165) is 13.8 Å². The second-order valence-electron chi connectivity index (χ2n) is 7.88. The number of hydrogen-bond donors (Lipinski definition) is 1. The van der Waals surface area contributed by atoms with Crippen molar-refractivity contribution in [3.05, 3.63) is 0 Å². The minimum atomic E-state index is -6.67. The number of ether oxygens (including phenoxy) is 2. The molecule has 0 aromatic heterocycles. The smallest absolute Gasteiger partial charge is 0.417 e. The second kappa shape index (κ2) is 7.35. The lowest BCUT2D eigenvalue weighted by Gasteiger charge is -2.60. The van der Waals surface area contributed by atoms with Crippen molar-refractivity contribution in [2.75, 3.05) is 0 Å². The van der Waals surface area contributed by atoms with Crippen LogP contribution in [0.15, 0.2) is 0 Å². The molecule has 1 saturated heterocycles. The van der Waals surface area contributed by atoms with Gasteiger partial charge in [0, 0.05) is 0 Å². The highest BCUT2D eigenvalue weighted by molar-refractivity contribution is 5.76. The zero-order chi connectivity index (χ0) is 25.1. The summed E-state index contributed by atoms with van der Waals surface area (Å²) < 4.78 is 150. The SMILES string of the molecule is CCC(C)(C)C(=O)OC1(C(F)(F)F)OC(CC)(C(F)(F)F)C(F)(F)C(O)(CC)C1(F)F. The van der Waals surface area contributed by atoms with E-state index in [0.29, 0.717) is 13.8 Å². The van der Waals surface area contributed by atoms with Gasteiger partial charge in [-0.1, -0.05) is 20.8 Å². The number of carbonyl (C=O) groups excluding carboxylic acids is 1. The Labute approximate surface area is 170 Å². The molecule has 184 valence electrons. The Morgan fingerprint density at radius 1 is 0.871 bits per heavy atom. The van der Waals surface area contributed by atoms with Gasteiger partial charge in [0.1, 0.15) is 0 Å². The molecular weight excluding hydrogens is 458 g/mol. The third kappa shape index (κ3) is 3.30. The molecule has 4 nitrogen and oxygen atoms in total. The lowest BCUT2D eigenvalue weighted by atomic mass is 9.69. The Balaban J connectivity index is 4.12. The van der Waals surface area contributed by atoms with Crippen LogP contribution in [0.5, 0.6) is 0 Å². The minimum Gasteiger partial charge on any atom is -0.417 e. The van der Waals surface area contributed by atoms with Crippen molar-refractivity contribution in [2.45, 2.75) is 95.1 Å². The highest BCUT2D eigenvalue weighted by Crippen LogP contribution is 2.67. The number of rotatable bonds is 5. The van der Waals surface area contributed by atoms with Crippen LogP contribution in [-0.2, 0) is 14.3 Å².